The third-order valence-corrected chi connectivity index (χ3v) is 4.72. The number of hydrogen-bond acceptors (Lipinski definition) is 3. The molecule has 0 fully saturated rings. The number of nitrogens with one attached hydrogen (secondary N) is 2. The molecule has 2 N–H and O–H groups in total. The van der Waals surface area contributed by atoms with E-state index in [1.54, 1.807) is 12.3 Å². The number of benzene rings is 1. The van der Waals surface area contributed by atoms with Crippen molar-refractivity contribution in [1.29, 1.82) is 0 Å². The first-order chi connectivity index (χ1) is 12.2. The number of H-pyrrole nitrogens is 1. The molecule has 1 aliphatic carbocycles. The van der Waals surface area contributed by atoms with E-state index in [9.17, 15) is 4.79 Å². The second-order valence-corrected chi connectivity index (χ2v) is 6.58. The van der Waals surface area contributed by atoms with E-state index >= 15 is 0 Å². The van der Waals surface area contributed by atoms with Crippen LogP contribution in [0.3, 0.4) is 0 Å². The summed E-state index contributed by atoms with van der Waals surface area (Å²) in [6.07, 6.45) is 6.73. The molecule has 2 heterocycles. The summed E-state index contributed by atoms with van der Waals surface area (Å²) in [7, 11) is 0. The van der Waals surface area contributed by atoms with E-state index in [0.717, 1.165) is 49.0 Å². The van der Waals surface area contributed by atoms with Crippen LogP contribution in [0.1, 0.15) is 41.0 Å². The SMILES string of the molecule is O=C(Nc1ccn[nH]1)c1nn(-c2ccc(Cl)cc2)c2c1CCCCC2. The van der Waals surface area contributed by atoms with Crippen molar-refractivity contribution in [2.75, 3.05) is 5.32 Å². The third-order valence-electron chi connectivity index (χ3n) is 4.47. The molecule has 0 aliphatic heterocycles. The van der Waals surface area contributed by atoms with Gasteiger partial charge in [-0.2, -0.15) is 10.2 Å². The molecule has 0 unspecified atom stereocenters. The van der Waals surface area contributed by atoms with Crippen LogP contribution in [-0.2, 0) is 12.8 Å². The maximum atomic E-state index is 12.7. The number of carbonyl (C=O) groups is 1. The topological polar surface area (TPSA) is 75.6 Å². The minimum atomic E-state index is -0.213. The molecule has 0 bridgehead atoms. The van der Waals surface area contributed by atoms with Crippen molar-refractivity contribution in [2.45, 2.75) is 32.1 Å². The van der Waals surface area contributed by atoms with Gasteiger partial charge in [0.15, 0.2) is 5.69 Å². The highest BCUT2D eigenvalue weighted by Gasteiger charge is 2.25. The van der Waals surface area contributed by atoms with Crippen LogP contribution in [0, 0.1) is 0 Å². The molecule has 0 atom stereocenters. The van der Waals surface area contributed by atoms with Gasteiger partial charge in [0.1, 0.15) is 5.82 Å². The Hall–Kier alpha value is -2.60. The van der Waals surface area contributed by atoms with Gasteiger partial charge in [-0.05, 0) is 49.9 Å². The standard InChI is InChI=1S/C18H18ClN5O/c19-12-6-8-13(9-7-12)24-15-5-3-1-2-4-14(15)17(23-24)18(25)21-16-10-11-20-22-16/h6-11H,1-5H2,(H2,20,21,22,25). The van der Waals surface area contributed by atoms with Crippen molar-refractivity contribution in [3.63, 3.8) is 0 Å². The largest absolute Gasteiger partial charge is 0.306 e. The fourth-order valence-corrected chi connectivity index (χ4v) is 3.39. The summed E-state index contributed by atoms with van der Waals surface area (Å²) in [4.78, 5) is 12.7. The average molecular weight is 356 g/mol. The zero-order valence-corrected chi connectivity index (χ0v) is 14.4. The number of rotatable bonds is 3. The van der Waals surface area contributed by atoms with Gasteiger partial charge in [0.25, 0.3) is 5.91 Å². The first kappa shape index (κ1) is 15.9. The van der Waals surface area contributed by atoms with Gasteiger partial charge in [-0.25, -0.2) is 4.68 Å². The number of halogens is 1. The molecule has 0 saturated heterocycles. The molecule has 1 aromatic carbocycles. The molecular formula is C18H18ClN5O. The lowest BCUT2D eigenvalue weighted by Gasteiger charge is -2.07. The van der Waals surface area contributed by atoms with Gasteiger partial charge < -0.3 is 5.32 Å². The van der Waals surface area contributed by atoms with Gasteiger partial charge in [-0.1, -0.05) is 18.0 Å². The molecule has 0 saturated carbocycles. The lowest BCUT2D eigenvalue weighted by molar-refractivity contribution is 0.102. The Balaban J connectivity index is 1.76. The number of amides is 1. The molecular weight excluding hydrogens is 338 g/mol. The fourth-order valence-electron chi connectivity index (χ4n) is 3.26. The van der Waals surface area contributed by atoms with E-state index in [1.807, 2.05) is 28.9 Å². The second-order valence-electron chi connectivity index (χ2n) is 6.15. The maximum Gasteiger partial charge on any atom is 0.277 e. The van der Waals surface area contributed by atoms with Crippen LogP contribution in [0.25, 0.3) is 5.69 Å². The van der Waals surface area contributed by atoms with Crippen molar-refractivity contribution in [3.05, 3.63) is 58.5 Å². The number of carbonyl (C=O) groups excluding carboxylic acids is 1. The molecule has 25 heavy (non-hydrogen) atoms. The molecule has 0 radical (unpaired) electrons. The van der Waals surface area contributed by atoms with Crippen molar-refractivity contribution < 1.29 is 4.79 Å². The maximum absolute atomic E-state index is 12.7. The van der Waals surface area contributed by atoms with Gasteiger partial charge in [-0.15, -0.1) is 0 Å². The number of nitrogens with zero attached hydrogens (tertiary/aromatic N) is 3. The Morgan fingerprint density at radius 3 is 2.68 bits per heavy atom. The van der Waals surface area contributed by atoms with Crippen LogP contribution in [0.15, 0.2) is 36.5 Å². The minimum absolute atomic E-state index is 0.213. The monoisotopic (exact) mass is 355 g/mol. The highest BCUT2D eigenvalue weighted by atomic mass is 35.5. The predicted molar refractivity (Wildman–Crippen MR) is 96.4 cm³/mol. The van der Waals surface area contributed by atoms with Gasteiger partial charge in [0, 0.05) is 22.3 Å². The first-order valence-electron chi connectivity index (χ1n) is 8.40. The van der Waals surface area contributed by atoms with E-state index in [-0.39, 0.29) is 5.91 Å². The third kappa shape index (κ3) is 3.17. The van der Waals surface area contributed by atoms with Crippen LogP contribution >= 0.6 is 11.6 Å². The molecule has 1 aliphatic rings. The van der Waals surface area contributed by atoms with Crippen LogP contribution in [0.4, 0.5) is 5.82 Å². The molecule has 128 valence electrons. The highest BCUT2D eigenvalue weighted by Crippen LogP contribution is 2.27. The zero-order chi connectivity index (χ0) is 17.2. The summed E-state index contributed by atoms with van der Waals surface area (Å²) in [5, 5.41) is 14.7. The lowest BCUT2D eigenvalue weighted by atomic mass is 10.1. The molecule has 6 nitrogen and oxygen atoms in total. The molecule has 1 amide bonds. The Morgan fingerprint density at radius 1 is 1.12 bits per heavy atom. The van der Waals surface area contributed by atoms with Crippen LogP contribution in [-0.4, -0.2) is 25.9 Å². The predicted octanol–water partition coefficient (Wildman–Crippen LogP) is 3.77. The number of hydrogen-bond donors (Lipinski definition) is 2. The van der Waals surface area contributed by atoms with E-state index in [1.165, 1.54) is 0 Å². The summed E-state index contributed by atoms with van der Waals surface area (Å²) < 4.78 is 1.89. The number of aromatic nitrogens is 4. The molecule has 7 heteroatoms. The molecule has 4 rings (SSSR count). The Bertz CT molecular complexity index is 883. The van der Waals surface area contributed by atoms with Gasteiger partial charge in [0.05, 0.1) is 11.9 Å². The van der Waals surface area contributed by atoms with Crippen molar-refractivity contribution >= 4 is 23.3 Å². The summed E-state index contributed by atoms with van der Waals surface area (Å²) in [5.41, 5.74) is 3.57. The molecule has 3 aromatic rings. The second kappa shape index (κ2) is 6.72. The smallest absolute Gasteiger partial charge is 0.277 e. The number of aromatic amines is 1. The molecule has 2 aromatic heterocycles. The van der Waals surface area contributed by atoms with Crippen LogP contribution < -0.4 is 5.32 Å². The Morgan fingerprint density at radius 2 is 1.92 bits per heavy atom. The van der Waals surface area contributed by atoms with Crippen molar-refractivity contribution in [3.8, 4) is 5.69 Å². The number of anilines is 1. The minimum Gasteiger partial charge on any atom is -0.306 e. The molecule has 0 spiro atoms. The Labute approximate surface area is 150 Å². The zero-order valence-electron chi connectivity index (χ0n) is 13.6. The normalized spacial score (nSPS) is 14.0. The van der Waals surface area contributed by atoms with Gasteiger partial charge in [0.2, 0.25) is 0 Å². The van der Waals surface area contributed by atoms with E-state index in [0.29, 0.717) is 16.5 Å². The van der Waals surface area contributed by atoms with Crippen LogP contribution in [0.2, 0.25) is 5.02 Å². The fraction of sp³-hybridized carbons (Fsp3) is 0.278. The average Bonchev–Trinajstić information content (AvgIpc) is 3.17. The van der Waals surface area contributed by atoms with Gasteiger partial charge >= 0.3 is 0 Å². The summed E-state index contributed by atoms with van der Waals surface area (Å²) >= 11 is 6.00. The number of fused-ring (bicyclic) bond motifs is 1. The summed E-state index contributed by atoms with van der Waals surface area (Å²) in [6.45, 7) is 0. The van der Waals surface area contributed by atoms with E-state index in [4.69, 9.17) is 11.6 Å². The van der Waals surface area contributed by atoms with Crippen molar-refractivity contribution in [2.24, 2.45) is 0 Å². The highest BCUT2D eigenvalue weighted by molar-refractivity contribution is 6.30. The first-order valence-corrected chi connectivity index (χ1v) is 8.77. The summed E-state index contributed by atoms with van der Waals surface area (Å²) in [6, 6.07) is 9.25. The quantitative estimate of drug-likeness (QED) is 0.702. The van der Waals surface area contributed by atoms with Crippen LogP contribution in [0.5, 0.6) is 0 Å². The lowest BCUT2D eigenvalue weighted by Crippen LogP contribution is -2.15. The Kier molecular flexibility index (Phi) is 4.28. The van der Waals surface area contributed by atoms with E-state index < -0.39 is 0 Å². The summed E-state index contributed by atoms with van der Waals surface area (Å²) in [5.74, 6) is 0.350. The van der Waals surface area contributed by atoms with Crippen molar-refractivity contribution in [1.82, 2.24) is 20.0 Å². The van der Waals surface area contributed by atoms with E-state index in [2.05, 4.69) is 20.6 Å². The van der Waals surface area contributed by atoms with Gasteiger partial charge in [-0.3, -0.25) is 9.89 Å².